The third kappa shape index (κ3) is 1.87. The summed E-state index contributed by atoms with van der Waals surface area (Å²) in [6, 6.07) is 10.1. The number of fused-ring (bicyclic) bond motifs is 2. The average Bonchev–Trinajstić information content (AvgIpc) is 3.11. The van der Waals surface area contributed by atoms with Crippen LogP contribution in [0.1, 0.15) is 5.56 Å². The molecule has 5 nitrogen and oxygen atoms in total. The van der Waals surface area contributed by atoms with Crippen LogP contribution in [0.5, 0.6) is 5.75 Å². The Morgan fingerprint density at radius 2 is 2.20 bits per heavy atom. The molecular weight excluding hydrogens is 252 g/mol. The molecule has 0 radical (unpaired) electrons. The van der Waals surface area contributed by atoms with E-state index in [2.05, 4.69) is 21.5 Å². The molecule has 1 atom stereocenters. The van der Waals surface area contributed by atoms with Crippen LogP contribution in [0.4, 0.5) is 5.82 Å². The van der Waals surface area contributed by atoms with Crippen LogP contribution < -0.4 is 10.1 Å². The standard InChI is InChI=1S/C15H14N4O/c1-2-4-14-11(3-1)9-12(20-14)10-17-15-13-5-6-18-19(13)8-7-16-15/h1-8,12H,9-10H2,(H,16,17). The molecule has 5 heteroatoms. The van der Waals surface area contributed by atoms with Crippen LogP contribution in [-0.2, 0) is 6.42 Å². The minimum Gasteiger partial charge on any atom is -0.488 e. The first-order chi connectivity index (χ1) is 9.90. The van der Waals surface area contributed by atoms with Gasteiger partial charge in [0.15, 0.2) is 5.82 Å². The normalized spacial score (nSPS) is 16.9. The quantitative estimate of drug-likeness (QED) is 0.789. The molecule has 1 aliphatic heterocycles. The lowest BCUT2D eigenvalue weighted by Gasteiger charge is -2.12. The summed E-state index contributed by atoms with van der Waals surface area (Å²) in [6.07, 6.45) is 6.43. The lowest BCUT2D eigenvalue weighted by Crippen LogP contribution is -2.24. The van der Waals surface area contributed by atoms with E-state index in [9.17, 15) is 0 Å². The van der Waals surface area contributed by atoms with Crippen LogP contribution >= 0.6 is 0 Å². The van der Waals surface area contributed by atoms with Gasteiger partial charge in [-0.2, -0.15) is 5.10 Å². The summed E-state index contributed by atoms with van der Waals surface area (Å²) in [5, 5.41) is 7.55. The Kier molecular flexibility index (Phi) is 2.55. The molecule has 0 bridgehead atoms. The van der Waals surface area contributed by atoms with E-state index in [4.69, 9.17) is 4.74 Å². The van der Waals surface area contributed by atoms with E-state index < -0.39 is 0 Å². The zero-order valence-corrected chi connectivity index (χ0v) is 10.9. The fourth-order valence-electron chi connectivity index (χ4n) is 2.57. The van der Waals surface area contributed by atoms with Crippen LogP contribution in [-0.4, -0.2) is 27.2 Å². The molecule has 0 spiro atoms. The lowest BCUT2D eigenvalue weighted by molar-refractivity contribution is 0.246. The highest BCUT2D eigenvalue weighted by molar-refractivity contribution is 5.66. The molecule has 1 N–H and O–H groups in total. The first kappa shape index (κ1) is 11.3. The molecule has 3 heterocycles. The summed E-state index contributed by atoms with van der Waals surface area (Å²) < 4.78 is 7.71. The van der Waals surface area contributed by atoms with Crippen LogP contribution in [0, 0.1) is 0 Å². The molecule has 3 aromatic rings. The second-order valence-corrected chi connectivity index (χ2v) is 4.87. The SMILES string of the molecule is c1ccc2c(c1)CC(CNc1nccn3nccc13)O2. The third-order valence-corrected chi connectivity index (χ3v) is 3.54. The Morgan fingerprint density at radius 3 is 3.15 bits per heavy atom. The van der Waals surface area contributed by atoms with Gasteiger partial charge in [-0.3, -0.25) is 0 Å². The zero-order chi connectivity index (χ0) is 13.4. The second-order valence-electron chi connectivity index (χ2n) is 4.87. The van der Waals surface area contributed by atoms with Crippen molar-refractivity contribution in [3.63, 3.8) is 0 Å². The van der Waals surface area contributed by atoms with Crippen molar-refractivity contribution in [3.8, 4) is 5.75 Å². The highest BCUT2D eigenvalue weighted by Gasteiger charge is 2.22. The van der Waals surface area contributed by atoms with Gasteiger partial charge in [0.05, 0.1) is 12.7 Å². The topological polar surface area (TPSA) is 51.5 Å². The number of para-hydroxylation sites is 1. The number of anilines is 1. The maximum absolute atomic E-state index is 5.91. The third-order valence-electron chi connectivity index (χ3n) is 3.54. The van der Waals surface area contributed by atoms with Crippen molar-refractivity contribution >= 4 is 11.3 Å². The number of benzene rings is 1. The number of aromatic nitrogens is 3. The largest absolute Gasteiger partial charge is 0.488 e. The van der Waals surface area contributed by atoms with Gasteiger partial charge in [-0.25, -0.2) is 9.50 Å². The Hall–Kier alpha value is -2.56. The summed E-state index contributed by atoms with van der Waals surface area (Å²) in [5.74, 6) is 1.83. The van der Waals surface area contributed by atoms with Gasteiger partial charge >= 0.3 is 0 Å². The minimum atomic E-state index is 0.150. The monoisotopic (exact) mass is 266 g/mol. The Labute approximate surface area is 116 Å². The average molecular weight is 266 g/mol. The fraction of sp³-hybridized carbons (Fsp3) is 0.200. The Morgan fingerprint density at radius 1 is 1.25 bits per heavy atom. The van der Waals surface area contributed by atoms with Crippen molar-refractivity contribution < 1.29 is 4.74 Å². The van der Waals surface area contributed by atoms with Gasteiger partial charge in [-0.15, -0.1) is 0 Å². The Bertz CT molecular complexity index is 727. The molecule has 2 aromatic heterocycles. The zero-order valence-electron chi connectivity index (χ0n) is 10.9. The van der Waals surface area contributed by atoms with E-state index >= 15 is 0 Å². The molecule has 0 saturated heterocycles. The number of hydrogen-bond donors (Lipinski definition) is 1. The molecule has 20 heavy (non-hydrogen) atoms. The van der Waals surface area contributed by atoms with Gasteiger partial charge in [-0.1, -0.05) is 18.2 Å². The molecule has 100 valence electrons. The van der Waals surface area contributed by atoms with Crippen molar-refractivity contribution in [3.05, 3.63) is 54.5 Å². The van der Waals surface area contributed by atoms with E-state index in [0.29, 0.717) is 0 Å². The van der Waals surface area contributed by atoms with Gasteiger partial charge < -0.3 is 10.1 Å². The van der Waals surface area contributed by atoms with E-state index in [1.807, 2.05) is 30.5 Å². The van der Waals surface area contributed by atoms with Gasteiger partial charge in [0.1, 0.15) is 17.4 Å². The smallest absolute Gasteiger partial charge is 0.152 e. The number of ether oxygens (including phenoxy) is 1. The summed E-state index contributed by atoms with van der Waals surface area (Å²) in [5.41, 5.74) is 2.25. The molecule has 0 aliphatic carbocycles. The predicted octanol–water partition coefficient (Wildman–Crippen LogP) is 2.14. The van der Waals surface area contributed by atoms with Crippen molar-refractivity contribution in [1.29, 1.82) is 0 Å². The number of rotatable bonds is 3. The molecule has 0 fully saturated rings. The molecule has 1 unspecified atom stereocenters. The summed E-state index contributed by atoms with van der Waals surface area (Å²) in [7, 11) is 0. The molecule has 4 rings (SSSR count). The number of nitrogens with zero attached hydrogens (tertiary/aromatic N) is 3. The molecule has 1 aliphatic rings. The van der Waals surface area contributed by atoms with Crippen LogP contribution in [0.15, 0.2) is 48.9 Å². The number of nitrogens with one attached hydrogen (secondary N) is 1. The second kappa shape index (κ2) is 4.52. The maximum Gasteiger partial charge on any atom is 0.152 e. The summed E-state index contributed by atoms with van der Waals surface area (Å²) in [4.78, 5) is 4.36. The van der Waals surface area contributed by atoms with Gasteiger partial charge in [0.25, 0.3) is 0 Å². The van der Waals surface area contributed by atoms with E-state index in [0.717, 1.165) is 30.0 Å². The van der Waals surface area contributed by atoms with Crippen LogP contribution in [0.25, 0.3) is 5.52 Å². The Balaban J connectivity index is 1.48. The van der Waals surface area contributed by atoms with Crippen LogP contribution in [0.3, 0.4) is 0 Å². The first-order valence-corrected chi connectivity index (χ1v) is 6.67. The summed E-state index contributed by atoms with van der Waals surface area (Å²) >= 11 is 0. The number of hydrogen-bond acceptors (Lipinski definition) is 4. The van der Waals surface area contributed by atoms with Crippen molar-refractivity contribution in [2.24, 2.45) is 0 Å². The summed E-state index contributed by atoms with van der Waals surface area (Å²) in [6.45, 7) is 0.729. The van der Waals surface area contributed by atoms with Crippen molar-refractivity contribution in [2.45, 2.75) is 12.5 Å². The van der Waals surface area contributed by atoms with E-state index in [1.165, 1.54) is 5.56 Å². The van der Waals surface area contributed by atoms with E-state index in [1.54, 1.807) is 16.9 Å². The highest BCUT2D eigenvalue weighted by atomic mass is 16.5. The van der Waals surface area contributed by atoms with Crippen molar-refractivity contribution in [1.82, 2.24) is 14.6 Å². The fourth-order valence-corrected chi connectivity index (χ4v) is 2.57. The van der Waals surface area contributed by atoms with Crippen molar-refractivity contribution in [2.75, 3.05) is 11.9 Å². The highest BCUT2D eigenvalue weighted by Crippen LogP contribution is 2.28. The molecule has 1 aromatic carbocycles. The first-order valence-electron chi connectivity index (χ1n) is 6.67. The van der Waals surface area contributed by atoms with Gasteiger partial charge in [-0.05, 0) is 17.7 Å². The molecular formula is C15H14N4O. The predicted molar refractivity (Wildman–Crippen MR) is 76.0 cm³/mol. The molecule has 0 saturated carbocycles. The maximum atomic E-state index is 5.91. The molecule has 0 amide bonds. The van der Waals surface area contributed by atoms with Gasteiger partial charge in [0, 0.05) is 18.8 Å². The van der Waals surface area contributed by atoms with E-state index in [-0.39, 0.29) is 6.10 Å². The van der Waals surface area contributed by atoms with Crippen LogP contribution in [0.2, 0.25) is 0 Å². The lowest BCUT2D eigenvalue weighted by atomic mass is 10.1. The van der Waals surface area contributed by atoms with Gasteiger partial charge in [0.2, 0.25) is 0 Å². The minimum absolute atomic E-state index is 0.150.